The van der Waals surface area contributed by atoms with Gasteiger partial charge in [-0.1, -0.05) is 12.1 Å². The average molecular weight is 499 g/mol. The number of amides is 2. The van der Waals surface area contributed by atoms with E-state index in [1.807, 2.05) is 32.2 Å². The van der Waals surface area contributed by atoms with E-state index in [2.05, 4.69) is 0 Å². The summed E-state index contributed by atoms with van der Waals surface area (Å²) in [4.78, 5) is 31.2. The van der Waals surface area contributed by atoms with Crippen LogP contribution in [0.25, 0.3) is 0 Å². The minimum Gasteiger partial charge on any atom is -0.491 e. The van der Waals surface area contributed by atoms with E-state index in [4.69, 9.17) is 4.74 Å². The molecule has 2 amide bonds. The molecule has 0 fully saturated rings. The van der Waals surface area contributed by atoms with Gasteiger partial charge in [0.05, 0.1) is 11.6 Å². The second kappa shape index (κ2) is 10.2. The van der Waals surface area contributed by atoms with Crippen LogP contribution < -0.4 is 4.74 Å². The van der Waals surface area contributed by atoms with Gasteiger partial charge >= 0.3 is 0 Å². The van der Waals surface area contributed by atoms with Crippen LogP contribution >= 0.6 is 11.3 Å². The van der Waals surface area contributed by atoms with Crippen molar-refractivity contribution in [3.63, 3.8) is 0 Å². The Morgan fingerprint density at radius 3 is 2.49 bits per heavy atom. The van der Waals surface area contributed by atoms with Gasteiger partial charge in [0.15, 0.2) is 0 Å². The van der Waals surface area contributed by atoms with E-state index in [0.29, 0.717) is 18.7 Å². The number of benzene rings is 2. The summed E-state index contributed by atoms with van der Waals surface area (Å²) in [7, 11) is 0. The molecule has 0 aliphatic carbocycles. The zero-order valence-electron chi connectivity index (χ0n) is 20.0. The zero-order chi connectivity index (χ0) is 25.2. The van der Waals surface area contributed by atoms with Crippen molar-refractivity contribution in [3.8, 4) is 5.75 Å². The van der Waals surface area contributed by atoms with Crippen LogP contribution in [0, 0.1) is 11.6 Å². The van der Waals surface area contributed by atoms with Crippen LogP contribution in [0.5, 0.6) is 5.75 Å². The lowest BCUT2D eigenvalue weighted by atomic mass is 9.99. The van der Waals surface area contributed by atoms with E-state index in [-0.39, 0.29) is 36.5 Å². The van der Waals surface area contributed by atoms with E-state index in [1.54, 1.807) is 34.4 Å². The van der Waals surface area contributed by atoms with Crippen LogP contribution in [0.2, 0.25) is 0 Å². The fraction of sp³-hybridized carbons (Fsp3) is 0.333. The number of hydrogen-bond acceptors (Lipinski definition) is 4. The van der Waals surface area contributed by atoms with Crippen molar-refractivity contribution in [2.24, 2.45) is 0 Å². The number of fused-ring (bicyclic) bond motifs is 1. The van der Waals surface area contributed by atoms with Gasteiger partial charge in [-0.15, -0.1) is 11.3 Å². The molecule has 35 heavy (non-hydrogen) atoms. The summed E-state index contributed by atoms with van der Waals surface area (Å²) < 4.78 is 33.6. The number of hydrogen-bond donors (Lipinski definition) is 0. The van der Waals surface area contributed by atoms with E-state index in [0.717, 1.165) is 5.56 Å². The largest absolute Gasteiger partial charge is 0.491 e. The fourth-order valence-corrected chi connectivity index (χ4v) is 5.13. The molecular weight excluding hydrogens is 470 g/mol. The van der Waals surface area contributed by atoms with E-state index in [1.165, 1.54) is 40.1 Å². The van der Waals surface area contributed by atoms with E-state index >= 15 is 0 Å². The first kappa shape index (κ1) is 24.9. The molecule has 1 atom stereocenters. The molecule has 1 unspecified atom stereocenters. The highest BCUT2D eigenvalue weighted by Gasteiger charge is 2.36. The quantitative estimate of drug-likeness (QED) is 0.453. The summed E-state index contributed by atoms with van der Waals surface area (Å²) in [6.07, 6.45) is 0.711. The zero-order valence-corrected chi connectivity index (χ0v) is 20.8. The summed E-state index contributed by atoms with van der Waals surface area (Å²) in [5, 5.41) is 1.99. The van der Waals surface area contributed by atoms with Gasteiger partial charge in [0.1, 0.15) is 30.5 Å². The van der Waals surface area contributed by atoms with Gasteiger partial charge < -0.3 is 14.5 Å². The predicted octanol–water partition coefficient (Wildman–Crippen LogP) is 5.47. The molecule has 0 radical (unpaired) electrons. The molecule has 1 aliphatic heterocycles. The van der Waals surface area contributed by atoms with Gasteiger partial charge in [0, 0.05) is 17.0 Å². The van der Waals surface area contributed by atoms with Crippen molar-refractivity contribution in [3.05, 3.63) is 87.6 Å². The van der Waals surface area contributed by atoms with Crippen LogP contribution in [0.1, 0.15) is 47.6 Å². The SMILES string of the molecule is CC(C)(C)N(CC(=O)N1CCc2sccc2C1COc1ccc(F)cc1)C(=O)c1ccccc1F. The van der Waals surface area contributed by atoms with Crippen molar-refractivity contribution < 1.29 is 23.1 Å². The van der Waals surface area contributed by atoms with Crippen molar-refractivity contribution in [1.82, 2.24) is 9.80 Å². The summed E-state index contributed by atoms with van der Waals surface area (Å²) in [5.74, 6) is -1.24. The van der Waals surface area contributed by atoms with Crippen molar-refractivity contribution >= 4 is 23.2 Å². The maximum absolute atomic E-state index is 14.4. The van der Waals surface area contributed by atoms with Gasteiger partial charge in [0.2, 0.25) is 5.91 Å². The maximum Gasteiger partial charge on any atom is 0.257 e. The highest BCUT2D eigenvalue weighted by Crippen LogP contribution is 2.34. The summed E-state index contributed by atoms with van der Waals surface area (Å²) in [5.41, 5.74) is 0.239. The molecule has 3 aromatic rings. The lowest BCUT2D eigenvalue weighted by Crippen LogP contribution is -2.53. The molecule has 2 aromatic carbocycles. The Kier molecular flexibility index (Phi) is 7.21. The predicted molar refractivity (Wildman–Crippen MR) is 132 cm³/mol. The minimum atomic E-state index is -0.710. The first-order valence-corrected chi connectivity index (χ1v) is 12.3. The topological polar surface area (TPSA) is 49.9 Å². The molecule has 8 heteroatoms. The third-order valence-electron chi connectivity index (χ3n) is 6.09. The highest BCUT2D eigenvalue weighted by atomic mass is 32.1. The Bertz CT molecular complexity index is 1200. The van der Waals surface area contributed by atoms with Gasteiger partial charge in [-0.05, 0) is 80.6 Å². The molecule has 1 aromatic heterocycles. The van der Waals surface area contributed by atoms with Crippen molar-refractivity contribution in [2.75, 3.05) is 19.7 Å². The molecule has 4 rings (SSSR count). The van der Waals surface area contributed by atoms with Gasteiger partial charge in [0.25, 0.3) is 5.91 Å². The number of thiophene rings is 1. The van der Waals surface area contributed by atoms with Crippen LogP contribution in [0.15, 0.2) is 60.0 Å². The van der Waals surface area contributed by atoms with E-state index < -0.39 is 17.3 Å². The van der Waals surface area contributed by atoms with E-state index in [9.17, 15) is 18.4 Å². The Balaban J connectivity index is 1.57. The molecule has 0 N–H and O–H groups in total. The smallest absolute Gasteiger partial charge is 0.257 e. The number of rotatable bonds is 6. The highest BCUT2D eigenvalue weighted by molar-refractivity contribution is 7.10. The Morgan fingerprint density at radius 2 is 1.80 bits per heavy atom. The van der Waals surface area contributed by atoms with Crippen LogP contribution in [-0.2, 0) is 11.2 Å². The van der Waals surface area contributed by atoms with Gasteiger partial charge in [-0.25, -0.2) is 8.78 Å². The number of ether oxygens (including phenoxy) is 1. The van der Waals surface area contributed by atoms with Crippen molar-refractivity contribution in [1.29, 1.82) is 0 Å². The number of carbonyl (C=O) groups excluding carboxylic acids is 2. The second-order valence-corrected chi connectivity index (χ2v) is 10.5. The summed E-state index contributed by atoms with van der Waals surface area (Å²) >= 11 is 1.64. The third kappa shape index (κ3) is 5.53. The van der Waals surface area contributed by atoms with Gasteiger partial charge in [-0.3, -0.25) is 9.59 Å². The number of carbonyl (C=O) groups is 2. The Hall–Kier alpha value is -3.26. The second-order valence-electron chi connectivity index (χ2n) is 9.46. The number of halogens is 2. The average Bonchev–Trinajstić information content (AvgIpc) is 3.30. The first-order chi connectivity index (χ1) is 16.6. The lowest BCUT2D eigenvalue weighted by Gasteiger charge is -2.40. The molecule has 0 saturated heterocycles. The molecule has 5 nitrogen and oxygen atoms in total. The fourth-order valence-electron chi connectivity index (χ4n) is 4.20. The Labute approximate surface area is 207 Å². The normalized spacial score (nSPS) is 15.5. The molecule has 0 saturated carbocycles. The summed E-state index contributed by atoms with van der Waals surface area (Å²) in [6, 6.07) is 13.2. The maximum atomic E-state index is 14.4. The number of nitrogens with zero attached hydrogens (tertiary/aromatic N) is 2. The monoisotopic (exact) mass is 498 g/mol. The van der Waals surface area contributed by atoms with Gasteiger partial charge in [-0.2, -0.15) is 0 Å². The molecule has 184 valence electrons. The van der Waals surface area contributed by atoms with Crippen LogP contribution in [0.3, 0.4) is 0 Å². The molecule has 0 bridgehead atoms. The molecular formula is C27H28F2N2O3S. The lowest BCUT2D eigenvalue weighted by molar-refractivity contribution is -0.136. The summed E-state index contributed by atoms with van der Waals surface area (Å²) in [6.45, 7) is 5.95. The van der Waals surface area contributed by atoms with Crippen molar-refractivity contribution in [2.45, 2.75) is 38.8 Å². The molecule has 0 spiro atoms. The molecule has 2 heterocycles. The van der Waals surface area contributed by atoms with Crippen LogP contribution in [-0.4, -0.2) is 46.8 Å². The minimum absolute atomic E-state index is 0.0646. The Morgan fingerprint density at radius 1 is 1.09 bits per heavy atom. The standard InChI is InChI=1S/C27H28F2N2O3S/c1-27(2,3)31(26(33)20-6-4-5-7-22(20)29)16-25(32)30-14-12-24-21(13-15-35-24)23(30)17-34-19-10-8-18(28)9-11-19/h4-11,13,15,23H,12,14,16-17H2,1-3H3. The third-order valence-corrected chi connectivity index (χ3v) is 7.09. The molecule has 1 aliphatic rings. The first-order valence-electron chi connectivity index (χ1n) is 11.5. The van der Waals surface area contributed by atoms with Crippen LogP contribution in [0.4, 0.5) is 8.78 Å².